The van der Waals surface area contributed by atoms with E-state index in [2.05, 4.69) is 27.7 Å². The third-order valence-electron chi connectivity index (χ3n) is 12.9. The number of carbonyl (C=O) groups excluding carboxylic acids is 3. The number of unbranched alkanes of at least 4 members (excludes halogenated alkanes) is 36. The summed E-state index contributed by atoms with van der Waals surface area (Å²) >= 11 is 0. The van der Waals surface area contributed by atoms with Gasteiger partial charge in [0, 0.05) is 19.3 Å². The van der Waals surface area contributed by atoms with Gasteiger partial charge in [0.1, 0.15) is 13.2 Å². The molecule has 6 nitrogen and oxygen atoms in total. The molecule has 0 saturated heterocycles. The van der Waals surface area contributed by atoms with Crippen LogP contribution in [0.2, 0.25) is 0 Å². The van der Waals surface area contributed by atoms with Crippen LogP contribution < -0.4 is 0 Å². The van der Waals surface area contributed by atoms with E-state index in [0.29, 0.717) is 19.3 Å². The van der Waals surface area contributed by atoms with Crippen LogP contribution in [0.4, 0.5) is 0 Å². The van der Waals surface area contributed by atoms with Crippen LogP contribution in [0.5, 0.6) is 0 Å². The number of carbonyl (C=O) groups is 3. The molecule has 2 atom stereocenters. The lowest BCUT2D eigenvalue weighted by Gasteiger charge is -2.18. The van der Waals surface area contributed by atoms with Crippen LogP contribution in [-0.2, 0) is 28.6 Å². The minimum Gasteiger partial charge on any atom is -0.462 e. The molecule has 0 aliphatic heterocycles. The number of rotatable bonds is 50. The normalized spacial score (nSPS) is 12.4. The van der Waals surface area contributed by atoms with Gasteiger partial charge in [-0.15, -0.1) is 0 Å². The fourth-order valence-corrected chi connectivity index (χ4v) is 8.36. The summed E-state index contributed by atoms with van der Waals surface area (Å²) in [7, 11) is 0. The maximum atomic E-state index is 12.8. The first-order valence-electron chi connectivity index (χ1n) is 27.4. The average Bonchev–Trinajstić information content (AvgIpc) is 3.26. The first-order valence-corrected chi connectivity index (χ1v) is 27.4. The second-order valence-corrected chi connectivity index (χ2v) is 19.1. The second kappa shape index (κ2) is 49.4. The quantitative estimate of drug-likeness (QED) is 0.0344. The Kier molecular flexibility index (Phi) is 48.1. The number of ether oxygens (including phenoxy) is 3. The molecule has 0 aliphatic rings. The first kappa shape index (κ1) is 59.4. The zero-order valence-electron chi connectivity index (χ0n) is 41.6. The Balaban J connectivity index is 4.25. The van der Waals surface area contributed by atoms with E-state index in [1.165, 1.54) is 205 Å². The van der Waals surface area contributed by atoms with Crippen molar-refractivity contribution in [2.75, 3.05) is 13.2 Å². The first-order chi connectivity index (χ1) is 29.9. The second-order valence-electron chi connectivity index (χ2n) is 19.1. The van der Waals surface area contributed by atoms with Gasteiger partial charge in [-0.05, 0) is 25.2 Å². The number of esters is 3. The molecular weight excluding hydrogens is 757 g/mol. The Morgan fingerprint density at radius 3 is 0.852 bits per heavy atom. The lowest BCUT2D eigenvalue weighted by Crippen LogP contribution is -2.30. The molecule has 0 aromatic rings. The van der Waals surface area contributed by atoms with Gasteiger partial charge in [-0.3, -0.25) is 14.4 Å². The van der Waals surface area contributed by atoms with Gasteiger partial charge < -0.3 is 14.2 Å². The van der Waals surface area contributed by atoms with E-state index in [1.807, 2.05) is 0 Å². The highest BCUT2D eigenvalue weighted by Gasteiger charge is 2.19. The highest BCUT2D eigenvalue weighted by Crippen LogP contribution is 2.18. The molecule has 0 rings (SSSR count). The van der Waals surface area contributed by atoms with Crippen LogP contribution in [0.3, 0.4) is 0 Å². The number of hydrogen-bond acceptors (Lipinski definition) is 6. The van der Waals surface area contributed by atoms with Crippen molar-refractivity contribution < 1.29 is 28.6 Å². The van der Waals surface area contributed by atoms with E-state index >= 15 is 0 Å². The molecule has 1 unspecified atom stereocenters. The van der Waals surface area contributed by atoms with Gasteiger partial charge in [0.05, 0.1) is 0 Å². The Morgan fingerprint density at radius 2 is 0.574 bits per heavy atom. The third kappa shape index (κ3) is 47.7. The van der Waals surface area contributed by atoms with E-state index in [4.69, 9.17) is 14.2 Å². The fourth-order valence-electron chi connectivity index (χ4n) is 8.36. The molecule has 0 heterocycles. The molecule has 6 heteroatoms. The zero-order valence-corrected chi connectivity index (χ0v) is 41.6. The van der Waals surface area contributed by atoms with E-state index < -0.39 is 6.10 Å². The molecule has 0 aromatic heterocycles. The molecule has 0 aromatic carbocycles. The van der Waals surface area contributed by atoms with Crippen molar-refractivity contribution in [3.63, 3.8) is 0 Å². The predicted octanol–water partition coefficient (Wildman–Crippen LogP) is 17.8. The van der Waals surface area contributed by atoms with Gasteiger partial charge in [0.2, 0.25) is 0 Å². The van der Waals surface area contributed by atoms with Crippen LogP contribution in [-0.4, -0.2) is 37.2 Å². The topological polar surface area (TPSA) is 78.9 Å². The van der Waals surface area contributed by atoms with E-state index in [1.54, 1.807) is 0 Å². The molecule has 362 valence electrons. The zero-order chi connectivity index (χ0) is 44.5. The third-order valence-corrected chi connectivity index (χ3v) is 12.9. The predicted molar refractivity (Wildman–Crippen MR) is 261 cm³/mol. The fraction of sp³-hybridized carbons (Fsp3) is 0.945. The molecule has 0 fully saturated rings. The summed E-state index contributed by atoms with van der Waals surface area (Å²) in [6.07, 6.45) is 52.3. The van der Waals surface area contributed by atoms with Gasteiger partial charge >= 0.3 is 17.9 Å². The van der Waals surface area contributed by atoms with E-state index in [9.17, 15) is 14.4 Å². The van der Waals surface area contributed by atoms with Crippen molar-refractivity contribution >= 4 is 17.9 Å². The highest BCUT2D eigenvalue weighted by molar-refractivity contribution is 5.71. The lowest BCUT2D eigenvalue weighted by molar-refractivity contribution is -0.167. The monoisotopic (exact) mass is 863 g/mol. The van der Waals surface area contributed by atoms with Crippen molar-refractivity contribution in [3.8, 4) is 0 Å². The largest absolute Gasteiger partial charge is 0.462 e. The van der Waals surface area contributed by atoms with Crippen LogP contribution in [0.1, 0.15) is 310 Å². The average molecular weight is 863 g/mol. The number of hydrogen-bond donors (Lipinski definition) is 0. The van der Waals surface area contributed by atoms with Crippen molar-refractivity contribution in [1.82, 2.24) is 0 Å². The molecule has 0 amide bonds. The summed E-state index contributed by atoms with van der Waals surface area (Å²) < 4.78 is 16.8. The Labute approximate surface area is 380 Å². The SMILES string of the molecule is CCCCCCCCCCCCCCCCCCCCCC(=O)OC[C@@H](COC(=O)CCCCCCCCCCC(C)CC)OC(=O)CCCCCCCCCCCCCC. The van der Waals surface area contributed by atoms with Gasteiger partial charge in [-0.1, -0.05) is 272 Å². The molecule has 0 bridgehead atoms. The standard InChI is InChI=1S/C55H106O6/c1-5-8-10-12-14-16-18-20-21-22-23-24-25-26-28-29-34-38-42-46-53(56)59-49-52(61-55(58)48-44-40-36-30-27-19-17-15-13-11-9-6-2)50-60-54(57)47-43-39-35-32-31-33-37-41-45-51(4)7-3/h51-52H,5-50H2,1-4H3/t51?,52-/m0/s1. The minimum atomic E-state index is -0.761. The van der Waals surface area contributed by atoms with Crippen molar-refractivity contribution in [3.05, 3.63) is 0 Å². The van der Waals surface area contributed by atoms with Gasteiger partial charge in [0.25, 0.3) is 0 Å². The maximum Gasteiger partial charge on any atom is 0.306 e. The van der Waals surface area contributed by atoms with Crippen molar-refractivity contribution in [2.45, 2.75) is 316 Å². The van der Waals surface area contributed by atoms with E-state index in [-0.39, 0.29) is 31.1 Å². The molecular formula is C55H106O6. The van der Waals surface area contributed by atoms with Crippen LogP contribution in [0.15, 0.2) is 0 Å². The smallest absolute Gasteiger partial charge is 0.306 e. The molecule has 0 aliphatic carbocycles. The van der Waals surface area contributed by atoms with E-state index in [0.717, 1.165) is 63.7 Å². The maximum absolute atomic E-state index is 12.8. The highest BCUT2D eigenvalue weighted by atomic mass is 16.6. The van der Waals surface area contributed by atoms with Crippen molar-refractivity contribution in [1.29, 1.82) is 0 Å². The summed E-state index contributed by atoms with van der Waals surface area (Å²) in [6.45, 7) is 9.04. The minimum absolute atomic E-state index is 0.0627. The Hall–Kier alpha value is -1.59. The Morgan fingerprint density at radius 1 is 0.328 bits per heavy atom. The Bertz CT molecular complexity index is 920. The summed E-state index contributed by atoms with van der Waals surface area (Å²) in [6, 6.07) is 0. The molecule has 0 spiro atoms. The van der Waals surface area contributed by atoms with Crippen LogP contribution in [0, 0.1) is 5.92 Å². The van der Waals surface area contributed by atoms with Crippen LogP contribution >= 0.6 is 0 Å². The van der Waals surface area contributed by atoms with Crippen LogP contribution in [0.25, 0.3) is 0 Å². The van der Waals surface area contributed by atoms with Gasteiger partial charge in [0.15, 0.2) is 6.10 Å². The summed E-state index contributed by atoms with van der Waals surface area (Å²) in [5.74, 6) is 0.00502. The van der Waals surface area contributed by atoms with Crippen molar-refractivity contribution in [2.24, 2.45) is 5.92 Å². The summed E-state index contributed by atoms with van der Waals surface area (Å²) in [5.41, 5.74) is 0. The lowest BCUT2D eigenvalue weighted by atomic mass is 9.99. The summed E-state index contributed by atoms with van der Waals surface area (Å²) in [4.78, 5) is 38.0. The van der Waals surface area contributed by atoms with Gasteiger partial charge in [-0.25, -0.2) is 0 Å². The van der Waals surface area contributed by atoms with Gasteiger partial charge in [-0.2, -0.15) is 0 Å². The molecule has 0 saturated carbocycles. The molecule has 0 N–H and O–H groups in total. The molecule has 61 heavy (non-hydrogen) atoms. The summed E-state index contributed by atoms with van der Waals surface area (Å²) in [5, 5.41) is 0. The molecule has 0 radical (unpaired) electrons.